The largest absolute Gasteiger partial charge is 0.372 e. The molecule has 0 unspecified atom stereocenters. The molecular formula is C29H30N4O2. The average Bonchev–Trinajstić information content (AvgIpc) is 3.10. The van der Waals surface area contributed by atoms with E-state index in [9.17, 15) is 9.59 Å². The fourth-order valence-corrected chi connectivity index (χ4v) is 4.66. The van der Waals surface area contributed by atoms with Crippen LogP contribution in [0.15, 0.2) is 78.8 Å². The smallest absolute Gasteiger partial charge is 0.278 e. The Kier molecular flexibility index (Phi) is 6.36. The molecule has 35 heavy (non-hydrogen) atoms. The van der Waals surface area contributed by atoms with Gasteiger partial charge < -0.3 is 10.2 Å². The monoisotopic (exact) mass is 466 g/mol. The normalized spacial score (nSPS) is 16.9. The molecule has 5 rings (SSSR count). The van der Waals surface area contributed by atoms with Gasteiger partial charge in [0.1, 0.15) is 5.70 Å². The summed E-state index contributed by atoms with van der Waals surface area (Å²) in [7, 11) is 0. The lowest BCUT2D eigenvalue weighted by Gasteiger charge is -2.32. The number of rotatable bonds is 6. The van der Waals surface area contributed by atoms with Gasteiger partial charge in [-0.25, -0.2) is 0 Å². The van der Waals surface area contributed by atoms with E-state index in [-0.39, 0.29) is 18.4 Å². The predicted octanol–water partition coefficient (Wildman–Crippen LogP) is 5.02. The van der Waals surface area contributed by atoms with E-state index in [0.717, 1.165) is 41.4 Å². The maximum Gasteiger partial charge on any atom is 0.278 e. The second-order valence-corrected chi connectivity index (χ2v) is 9.52. The summed E-state index contributed by atoms with van der Waals surface area (Å²) in [6, 6.07) is 19.5. The number of nitrogens with one attached hydrogen (secondary N) is 1. The molecule has 2 amide bonds. The van der Waals surface area contributed by atoms with Crippen LogP contribution in [-0.4, -0.2) is 34.8 Å². The number of nitrogens with zero attached hydrogens (tertiary/aromatic N) is 3. The summed E-state index contributed by atoms with van der Waals surface area (Å²) in [6.07, 6.45) is 5.76. The van der Waals surface area contributed by atoms with E-state index in [0.29, 0.717) is 11.3 Å². The highest BCUT2D eigenvalue weighted by molar-refractivity contribution is 6.36. The molecule has 0 saturated carbocycles. The molecule has 1 fully saturated rings. The van der Waals surface area contributed by atoms with E-state index in [4.69, 9.17) is 0 Å². The lowest BCUT2D eigenvalue weighted by Crippen LogP contribution is -2.32. The summed E-state index contributed by atoms with van der Waals surface area (Å²) in [5.74, 6) is 0.146. The topological polar surface area (TPSA) is 65.5 Å². The van der Waals surface area contributed by atoms with Crippen molar-refractivity contribution in [3.8, 4) is 0 Å². The van der Waals surface area contributed by atoms with Crippen molar-refractivity contribution in [1.29, 1.82) is 0 Å². The van der Waals surface area contributed by atoms with Crippen LogP contribution in [0.1, 0.15) is 36.5 Å². The number of aryl methyl sites for hydroxylation is 1. The van der Waals surface area contributed by atoms with Crippen LogP contribution in [-0.2, 0) is 16.1 Å². The molecule has 0 atom stereocenters. The van der Waals surface area contributed by atoms with Gasteiger partial charge in [-0.3, -0.25) is 19.5 Å². The van der Waals surface area contributed by atoms with Gasteiger partial charge in [0.2, 0.25) is 0 Å². The minimum absolute atomic E-state index is 0.179. The van der Waals surface area contributed by atoms with Gasteiger partial charge in [-0.05, 0) is 67.1 Å². The maximum absolute atomic E-state index is 13.5. The third-order valence-corrected chi connectivity index (χ3v) is 6.86. The molecule has 1 saturated heterocycles. The first-order valence-electron chi connectivity index (χ1n) is 12.2. The third-order valence-electron chi connectivity index (χ3n) is 6.86. The first-order valence-corrected chi connectivity index (χ1v) is 12.2. The van der Waals surface area contributed by atoms with E-state index in [1.165, 1.54) is 23.4 Å². The molecule has 0 radical (unpaired) electrons. The van der Waals surface area contributed by atoms with Crippen LogP contribution in [0.5, 0.6) is 0 Å². The van der Waals surface area contributed by atoms with E-state index in [1.807, 2.05) is 49.4 Å². The zero-order valence-electron chi connectivity index (χ0n) is 20.2. The van der Waals surface area contributed by atoms with E-state index in [1.54, 1.807) is 18.5 Å². The Morgan fingerprint density at radius 1 is 0.943 bits per heavy atom. The van der Waals surface area contributed by atoms with Gasteiger partial charge in [-0.2, -0.15) is 0 Å². The van der Waals surface area contributed by atoms with Gasteiger partial charge in [0, 0.05) is 36.9 Å². The number of carbonyl (C=O) groups excluding carboxylic acids is 2. The zero-order chi connectivity index (χ0) is 24.4. The Morgan fingerprint density at radius 3 is 2.31 bits per heavy atom. The molecule has 6 nitrogen and oxygen atoms in total. The molecule has 2 aliphatic rings. The fraction of sp³-hybridized carbons (Fsp3) is 0.276. The van der Waals surface area contributed by atoms with Gasteiger partial charge in [0.15, 0.2) is 0 Å². The Balaban J connectivity index is 1.43. The highest BCUT2D eigenvalue weighted by Gasteiger charge is 2.39. The number of amides is 2. The van der Waals surface area contributed by atoms with Gasteiger partial charge in [0.05, 0.1) is 12.1 Å². The van der Waals surface area contributed by atoms with Crippen LogP contribution in [0.2, 0.25) is 0 Å². The predicted molar refractivity (Wildman–Crippen MR) is 139 cm³/mol. The van der Waals surface area contributed by atoms with Gasteiger partial charge in [-0.1, -0.05) is 42.8 Å². The van der Waals surface area contributed by atoms with E-state index in [2.05, 4.69) is 34.3 Å². The van der Waals surface area contributed by atoms with Crippen molar-refractivity contribution in [1.82, 2.24) is 9.88 Å². The van der Waals surface area contributed by atoms with Crippen molar-refractivity contribution < 1.29 is 9.59 Å². The summed E-state index contributed by atoms with van der Waals surface area (Å²) in [4.78, 5) is 34.8. The van der Waals surface area contributed by atoms with E-state index >= 15 is 0 Å². The third kappa shape index (κ3) is 4.83. The van der Waals surface area contributed by atoms with Gasteiger partial charge >= 0.3 is 0 Å². The number of pyridine rings is 1. The van der Waals surface area contributed by atoms with Crippen LogP contribution >= 0.6 is 0 Å². The molecule has 0 spiro atoms. The number of carbonyl (C=O) groups is 2. The van der Waals surface area contributed by atoms with Gasteiger partial charge in [-0.15, -0.1) is 0 Å². The number of hydrogen-bond donors (Lipinski definition) is 1. The highest BCUT2D eigenvalue weighted by Crippen LogP contribution is 2.32. The van der Waals surface area contributed by atoms with Crippen LogP contribution in [0.3, 0.4) is 0 Å². The lowest BCUT2D eigenvalue weighted by molar-refractivity contribution is -0.137. The first kappa shape index (κ1) is 22.8. The van der Waals surface area contributed by atoms with Crippen LogP contribution in [0.25, 0.3) is 5.57 Å². The zero-order valence-corrected chi connectivity index (χ0v) is 20.2. The maximum atomic E-state index is 13.5. The van der Waals surface area contributed by atoms with E-state index < -0.39 is 0 Å². The second-order valence-electron chi connectivity index (χ2n) is 9.52. The minimum atomic E-state index is -0.330. The molecule has 2 aromatic carbocycles. The molecule has 1 aromatic heterocycles. The summed E-state index contributed by atoms with van der Waals surface area (Å²) >= 11 is 0. The summed E-state index contributed by atoms with van der Waals surface area (Å²) in [5.41, 5.74) is 5.29. The second kappa shape index (κ2) is 9.74. The number of imide groups is 1. The molecule has 3 heterocycles. The summed E-state index contributed by atoms with van der Waals surface area (Å²) < 4.78 is 0. The Bertz CT molecular complexity index is 1240. The number of piperidine rings is 1. The number of aromatic nitrogens is 1. The SMILES string of the molecule is Cc1ccc(C2=C(Nc3ccc(N4CCC(C)CC4)cc3)C(=O)N(Cc3cccnc3)C2=O)cc1. The molecule has 0 bridgehead atoms. The highest BCUT2D eigenvalue weighted by atomic mass is 16.2. The lowest BCUT2D eigenvalue weighted by atomic mass is 9.99. The van der Waals surface area contributed by atoms with Crippen molar-refractivity contribution in [3.05, 3.63) is 95.4 Å². The molecule has 2 aliphatic heterocycles. The number of benzene rings is 2. The molecule has 3 aromatic rings. The summed E-state index contributed by atoms with van der Waals surface area (Å²) in [5, 5.41) is 3.27. The van der Waals surface area contributed by atoms with Gasteiger partial charge in [0.25, 0.3) is 11.8 Å². The van der Waals surface area contributed by atoms with Crippen LogP contribution in [0, 0.1) is 12.8 Å². The van der Waals surface area contributed by atoms with Crippen LogP contribution < -0.4 is 10.2 Å². The van der Waals surface area contributed by atoms with Crippen LogP contribution in [0.4, 0.5) is 11.4 Å². The standard InChI is InChI=1S/C29H30N4O2/c1-20-5-7-23(8-6-20)26-27(29(35)33(28(26)34)19-22-4-3-15-30-18-22)31-24-9-11-25(12-10-24)32-16-13-21(2)14-17-32/h3-12,15,18,21,31H,13-14,16-17,19H2,1-2H3. The Hall–Kier alpha value is -3.93. The minimum Gasteiger partial charge on any atom is -0.372 e. The number of anilines is 2. The quantitative estimate of drug-likeness (QED) is 0.517. The first-order chi connectivity index (χ1) is 17.0. The fourth-order valence-electron chi connectivity index (χ4n) is 4.66. The number of hydrogen-bond acceptors (Lipinski definition) is 5. The molecular weight excluding hydrogens is 436 g/mol. The van der Waals surface area contributed by atoms with Crippen molar-refractivity contribution >= 4 is 28.8 Å². The Morgan fingerprint density at radius 2 is 1.66 bits per heavy atom. The van der Waals surface area contributed by atoms with Crippen molar-refractivity contribution in [2.45, 2.75) is 33.2 Å². The van der Waals surface area contributed by atoms with Crippen molar-refractivity contribution in [3.63, 3.8) is 0 Å². The molecule has 0 aliphatic carbocycles. The summed E-state index contributed by atoms with van der Waals surface area (Å²) in [6.45, 7) is 6.61. The molecule has 178 valence electrons. The molecule has 1 N–H and O–H groups in total. The van der Waals surface area contributed by atoms with Crippen molar-refractivity contribution in [2.24, 2.45) is 5.92 Å². The Labute approximate surface area is 206 Å². The van der Waals surface area contributed by atoms with Crippen molar-refractivity contribution in [2.75, 3.05) is 23.3 Å². The molecule has 6 heteroatoms. The average molecular weight is 467 g/mol.